The molecule has 34 heavy (non-hydrogen) atoms. The molecule has 0 aliphatic carbocycles. The SMILES string of the molecule is CC(C)NC(=O)C1N(CCCCCCO)C(=O)[C@@H]2[C@@H](C(=O)NCc3ccccc3)[C@H]3CCC12S3. The number of thioether (sulfide) groups is 1. The van der Waals surface area contributed by atoms with Crippen LogP contribution in [0.1, 0.15) is 57.9 Å². The van der Waals surface area contributed by atoms with E-state index in [4.69, 9.17) is 5.11 Å². The van der Waals surface area contributed by atoms with Crippen molar-refractivity contribution in [1.29, 1.82) is 0 Å². The van der Waals surface area contributed by atoms with Crippen molar-refractivity contribution in [3.63, 3.8) is 0 Å². The molecule has 7 nitrogen and oxygen atoms in total. The number of amides is 3. The summed E-state index contributed by atoms with van der Waals surface area (Å²) < 4.78 is -0.527. The fourth-order valence-corrected chi connectivity index (χ4v) is 8.23. The standard InChI is InChI=1S/C26H37N3O4S/c1-17(2)28-24(32)22-26-13-12-19(34-26)20(23(31)27-16-18-10-6-5-7-11-18)21(26)25(33)29(22)14-8-3-4-9-15-30/h5-7,10-11,17,19-22,30H,3-4,8-9,12-16H2,1-2H3,(H,27,31)(H,28,32)/t19-,20+,21+,22?,26?/m1/s1. The molecule has 3 amide bonds. The number of unbranched alkanes of at least 4 members (excludes halogenated alkanes) is 3. The monoisotopic (exact) mass is 487 g/mol. The molecular weight excluding hydrogens is 450 g/mol. The molecular formula is C26H37N3O4S. The normalized spacial score (nSPS) is 29.5. The van der Waals surface area contributed by atoms with Gasteiger partial charge in [-0.15, -0.1) is 11.8 Å². The molecule has 1 spiro atoms. The Morgan fingerprint density at radius 3 is 2.59 bits per heavy atom. The van der Waals surface area contributed by atoms with Gasteiger partial charge in [-0.3, -0.25) is 14.4 Å². The number of carbonyl (C=O) groups is 3. The average Bonchev–Trinajstić information content (AvgIpc) is 3.45. The Hall–Kier alpha value is -2.06. The lowest BCUT2D eigenvalue weighted by atomic mass is 9.70. The smallest absolute Gasteiger partial charge is 0.244 e. The van der Waals surface area contributed by atoms with E-state index in [0.717, 1.165) is 44.1 Å². The summed E-state index contributed by atoms with van der Waals surface area (Å²) in [6.07, 6.45) is 4.98. The zero-order chi connectivity index (χ0) is 24.3. The van der Waals surface area contributed by atoms with E-state index in [9.17, 15) is 14.4 Å². The quantitative estimate of drug-likeness (QED) is 0.417. The van der Waals surface area contributed by atoms with Crippen molar-refractivity contribution < 1.29 is 19.5 Å². The fourth-order valence-electron chi connectivity index (χ4n) is 6.01. The summed E-state index contributed by atoms with van der Waals surface area (Å²) in [5, 5.41) is 15.2. The summed E-state index contributed by atoms with van der Waals surface area (Å²) in [5.41, 5.74) is 1.03. The number of nitrogens with zero attached hydrogens (tertiary/aromatic N) is 1. The van der Waals surface area contributed by atoms with E-state index < -0.39 is 22.6 Å². The fraction of sp³-hybridized carbons (Fsp3) is 0.654. The maximum absolute atomic E-state index is 13.8. The van der Waals surface area contributed by atoms with Gasteiger partial charge < -0.3 is 20.6 Å². The first kappa shape index (κ1) is 25.0. The second kappa shape index (κ2) is 10.7. The summed E-state index contributed by atoms with van der Waals surface area (Å²) in [6.45, 7) is 4.99. The van der Waals surface area contributed by atoms with Gasteiger partial charge in [0.05, 0.1) is 16.6 Å². The van der Waals surface area contributed by atoms with Gasteiger partial charge in [0.1, 0.15) is 6.04 Å². The third-order valence-electron chi connectivity index (χ3n) is 7.40. The molecule has 3 saturated heterocycles. The predicted molar refractivity (Wildman–Crippen MR) is 133 cm³/mol. The lowest BCUT2D eigenvalue weighted by Gasteiger charge is -2.34. The van der Waals surface area contributed by atoms with E-state index in [1.165, 1.54) is 0 Å². The molecule has 1 aromatic carbocycles. The van der Waals surface area contributed by atoms with Gasteiger partial charge in [-0.25, -0.2) is 0 Å². The molecule has 3 heterocycles. The van der Waals surface area contributed by atoms with E-state index in [-0.39, 0.29) is 35.6 Å². The van der Waals surface area contributed by atoms with Gasteiger partial charge in [0.2, 0.25) is 17.7 Å². The van der Waals surface area contributed by atoms with Crippen LogP contribution in [0.15, 0.2) is 30.3 Å². The van der Waals surface area contributed by atoms with Crippen LogP contribution in [0.25, 0.3) is 0 Å². The third-order valence-corrected chi connectivity index (χ3v) is 9.35. The van der Waals surface area contributed by atoms with Crippen molar-refractivity contribution in [2.24, 2.45) is 11.8 Å². The molecule has 3 aliphatic heterocycles. The number of nitrogens with one attached hydrogen (secondary N) is 2. The van der Waals surface area contributed by atoms with E-state index in [0.29, 0.717) is 13.1 Å². The number of aliphatic hydroxyl groups is 1. The van der Waals surface area contributed by atoms with Crippen molar-refractivity contribution in [3.8, 4) is 0 Å². The molecule has 3 aliphatic rings. The molecule has 3 N–H and O–H groups in total. The molecule has 3 fully saturated rings. The summed E-state index contributed by atoms with van der Waals surface area (Å²) in [5.74, 6) is -1.06. The molecule has 1 aromatic rings. The molecule has 4 rings (SSSR count). The Morgan fingerprint density at radius 1 is 1.15 bits per heavy atom. The highest BCUT2D eigenvalue weighted by atomic mass is 32.2. The average molecular weight is 488 g/mol. The van der Waals surface area contributed by atoms with Crippen molar-refractivity contribution >= 4 is 29.5 Å². The van der Waals surface area contributed by atoms with Crippen LogP contribution in [-0.2, 0) is 20.9 Å². The minimum Gasteiger partial charge on any atom is -0.396 e. The Balaban J connectivity index is 1.53. The van der Waals surface area contributed by atoms with E-state index in [1.807, 2.05) is 44.2 Å². The number of fused-ring (bicyclic) bond motifs is 1. The first-order valence-corrected chi connectivity index (χ1v) is 13.5. The number of carbonyl (C=O) groups excluding carboxylic acids is 3. The maximum Gasteiger partial charge on any atom is 0.244 e. The molecule has 8 heteroatoms. The van der Waals surface area contributed by atoms with Gasteiger partial charge in [-0.1, -0.05) is 43.2 Å². The third kappa shape index (κ3) is 4.71. The Bertz CT molecular complexity index is 895. The van der Waals surface area contributed by atoms with Crippen LogP contribution in [0, 0.1) is 11.8 Å². The lowest BCUT2D eigenvalue weighted by Crippen LogP contribution is -2.54. The van der Waals surface area contributed by atoms with Gasteiger partial charge in [0.25, 0.3) is 0 Å². The molecule has 0 radical (unpaired) electrons. The van der Waals surface area contributed by atoms with Crippen LogP contribution >= 0.6 is 11.8 Å². The first-order chi connectivity index (χ1) is 16.4. The highest BCUT2D eigenvalue weighted by molar-refractivity contribution is 8.02. The second-order valence-electron chi connectivity index (χ2n) is 10.1. The van der Waals surface area contributed by atoms with Crippen molar-refractivity contribution in [2.75, 3.05) is 13.2 Å². The van der Waals surface area contributed by atoms with Crippen LogP contribution in [0.2, 0.25) is 0 Å². The number of hydrogen-bond donors (Lipinski definition) is 3. The van der Waals surface area contributed by atoms with Gasteiger partial charge >= 0.3 is 0 Å². The molecule has 186 valence electrons. The Morgan fingerprint density at radius 2 is 1.88 bits per heavy atom. The molecule has 0 aromatic heterocycles. The maximum atomic E-state index is 13.8. The van der Waals surface area contributed by atoms with Crippen LogP contribution < -0.4 is 10.6 Å². The zero-order valence-electron chi connectivity index (χ0n) is 20.2. The largest absolute Gasteiger partial charge is 0.396 e. The highest BCUT2D eigenvalue weighted by Crippen LogP contribution is 2.66. The molecule has 5 atom stereocenters. The number of benzene rings is 1. The minimum absolute atomic E-state index is 0.0157. The topological polar surface area (TPSA) is 98.7 Å². The number of hydrogen-bond acceptors (Lipinski definition) is 5. The van der Waals surface area contributed by atoms with E-state index >= 15 is 0 Å². The van der Waals surface area contributed by atoms with E-state index in [2.05, 4.69) is 10.6 Å². The summed E-state index contributed by atoms with van der Waals surface area (Å²) in [4.78, 5) is 42.3. The van der Waals surface area contributed by atoms with Crippen LogP contribution in [0.4, 0.5) is 0 Å². The van der Waals surface area contributed by atoms with Crippen LogP contribution in [0.3, 0.4) is 0 Å². The molecule has 0 saturated carbocycles. The molecule has 2 bridgehead atoms. The Kier molecular flexibility index (Phi) is 7.87. The second-order valence-corrected chi connectivity index (χ2v) is 11.7. The number of rotatable bonds is 11. The van der Waals surface area contributed by atoms with Gasteiger partial charge in [-0.05, 0) is 45.1 Å². The van der Waals surface area contributed by atoms with Crippen LogP contribution in [0.5, 0.6) is 0 Å². The number of likely N-dealkylation sites (tertiary alicyclic amines) is 1. The van der Waals surface area contributed by atoms with Gasteiger partial charge in [-0.2, -0.15) is 0 Å². The Labute approximate surface area is 206 Å². The van der Waals surface area contributed by atoms with Crippen molar-refractivity contribution in [1.82, 2.24) is 15.5 Å². The zero-order valence-corrected chi connectivity index (χ0v) is 21.0. The summed E-state index contributed by atoms with van der Waals surface area (Å²) in [7, 11) is 0. The minimum atomic E-state index is -0.535. The summed E-state index contributed by atoms with van der Waals surface area (Å²) in [6, 6.07) is 9.23. The summed E-state index contributed by atoms with van der Waals surface area (Å²) >= 11 is 1.71. The first-order valence-electron chi connectivity index (χ1n) is 12.6. The van der Waals surface area contributed by atoms with Crippen molar-refractivity contribution in [2.45, 2.75) is 81.0 Å². The number of aliphatic hydroxyl groups excluding tert-OH is 1. The van der Waals surface area contributed by atoms with Gasteiger partial charge in [0.15, 0.2) is 0 Å². The van der Waals surface area contributed by atoms with E-state index in [1.54, 1.807) is 16.7 Å². The van der Waals surface area contributed by atoms with Crippen LogP contribution in [-0.4, -0.2) is 63.0 Å². The molecule has 2 unspecified atom stereocenters. The lowest BCUT2D eigenvalue weighted by molar-refractivity contribution is -0.140. The highest BCUT2D eigenvalue weighted by Gasteiger charge is 2.73. The van der Waals surface area contributed by atoms with Crippen molar-refractivity contribution in [3.05, 3.63) is 35.9 Å². The van der Waals surface area contributed by atoms with Gasteiger partial charge in [0, 0.05) is 31.0 Å². The predicted octanol–water partition coefficient (Wildman–Crippen LogP) is 2.47.